The number of aromatic nitrogens is 5. The van der Waals surface area contributed by atoms with Gasteiger partial charge in [-0.15, -0.1) is 5.10 Å². The summed E-state index contributed by atoms with van der Waals surface area (Å²) >= 11 is 0. The molecule has 0 bridgehead atoms. The van der Waals surface area contributed by atoms with Gasteiger partial charge in [0.05, 0.1) is 0 Å². The Bertz CT molecular complexity index is 482. The molecule has 82 valence electrons. The summed E-state index contributed by atoms with van der Waals surface area (Å²) in [5.41, 5.74) is 0.934. The maximum Gasteiger partial charge on any atom is 0.325 e. The minimum atomic E-state index is -0.972. The second-order valence-electron chi connectivity index (χ2n) is 3.18. The van der Waals surface area contributed by atoms with Crippen LogP contribution in [0, 0.1) is 0 Å². The van der Waals surface area contributed by atoms with Crippen molar-refractivity contribution in [2.75, 3.05) is 0 Å². The van der Waals surface area contributed by atoms with E-state index in [-0.39, 0.29) is 6.54 Å². The average molecular weight is 219 g/mol. The monoisotopic (exact) mass is 219 g/mol. The first kappa shape index (κ1) is 10.2. The van der Waals surface area contributed by atoms with E-state index in [1.54, 1.807) is 18.5 Å². The van der Waals surface area contributed by atoms with Crippen molar-refractivity contribution in [3.8, 4) is 0 Å². The van der Waals surface area contributed by atoms with Crippen molar-refractivity contribution in [2.45, 2.75) is 13.0 Å². The molecular weight excluding hydrogens is 210 g/mol. The predicted molar refractivity (Wildman–Crippen MR) is 52.5 cm³/mol. The van der Waals surface area contributed by atoms with Gasteiger partial charge in [-0.1, -0.05) is 6.07 Å². The minimum Gasteiger partial charge on any atom is -0.480 e. The molecular formula is C9H9N5O2. The van der Waals surface area contributed by atoms with Gasteiger partial charge in [-0.2, -0.15) is 0 Å². The van der Waals surface area contributed by atoms with Crippen molar-refractivity contribution < 1.29 is 9.90 Å². The lowest BCUT2D eigenvalue weighted by molar-refractivity contribution is -0.138. The van der Waals surface area contributed by atoms with Gasteiger partial charge in [-0.05, 0) is 22.1 Å². The number of hydrogen-bond acceptors (Lipinski definition) is 5. The number of rotatable bonds is 4. The van der Waals surface area contributed by atoms with E-state index >= 15 is 0 Å². The number of carboxylic acids is 1. The lowest BCUT2D eigenvalue weighted by atomic mass is 10.2. The third-order valence-electron chi connectivity index (χ3n) is 1.98. The molecule has 2 aromatic rings. The standard InChI is InChI=1S/C9H9N5O2/c15-9(16)6-14-8(11-12-13-14)4-7-2-1-3-10-5-7/h1-3,5H,4,6H2,(H,15,16). The van der Waals surface area contributed by atoms with E-state index in [9.17, 15) is 4.79 Å². The highest BCUT2D eigenvalue weighted by atomic mass is 16.4. The van der Waals surface area contributed by atoms with Gasteiger partial charge in [0.2, 0.25) is 0 Å². The van der Waals surface area contributed by atoms with E-state index in [4.69, 9.17) is 5.11 Å². The van der Waals surface area contributed by atoms with Crippen LogP contribution in [0.1, 0.15) is 11.4 Å². The molecule has 0 radical (unpaired) electrons. The summed E-state index contributed by atoms with van der Waals surface area (Å²) in [5, 5.41) is 19.5. The van der Waals surface area contributed by atoms with Crippen LogP contribution in [0.15, 0.2) is 24.5 Å². The zero-order valence-corrected chi connectivity index (χ0v) is 8.32. The van der Waals surface area contributed by atoms with Gasteiger partial charge in [-0.25, -0.2) is 4.68 Å². The second-order valence-corrected chi connectivity index (χ2v) is 3.18. The number of hydrogen-bond donors (Lipinski definition) is 1. The van der Waals surface area contributed by atoms with E-state index in [0.717, 1.165) is 5.56 Å². The summed E-state index contributed by atoms with van der Waals surface area (Å²) in [6, 6.07) is 3.69. The average Bonchev–Trinajstić information content (AvgIpc) is 2.66. The molecule has 2 aromatic heterocycles. The third kappa shape index (κ3) is 2.38. The Kier molecular flexibility index (Phi) is 2.86. The number of nitrogens with zero attached hydrogens (tertiary/aromatic N) is 5. The van der Waals surface area contributed by atoms with Crippen molar-refractivity contribution in [1.29, 1.82) is 0 Å². The van der Waals surface area contributed by atoms with E-state index in [1.807, 2.05) is 6.07 Å². The topological polar surface area (TPSA) is 93.8 Å². The van der Waals surface area contributed by atoms with Gasteiger partial charge < -0.3 is 5.11 Å². The second kappa shape index (κ2) is 4.47. The molecule has 0 saturated heterocycles. The molecule has 0 spiro atoms. The smallest absolute Gasteiger partial charge is 0.325 e. The van der Waals surface area contributed by atoms with Crippen LogP contribution in [0.25, 0.3) is 0 Å². The fourth-order valence-corrected chi connectivity index (χ4v) is 1.29. The molecule has 0 saturated carbocycles. The summed E-state index contributed by atoms with van der Waals surface area (Å²) in [6.45, 7) is -0.234. The molecule has 0 atom stereocenters. The van der Waals surface area contributed by atoms with Crippen molar-refractivity contribution in [3.63, 3.8) is 0 Å². The van der Waals surface area contributed by atoms with Crippen molar-refractivity contribution in [2.24, 2.45) is 0 Å². The Morgan fingerprint density at radius 2 is 2.38 bits per heavy atom. The highest BCUT2D eigenvalue weighted by molar-refractivity contribution is 5.66. The quantitative estimate of drug-likeness (QED) is 0.761. The lowest BCUT2D eigenvalue weighted by Gasteiger charge is -2.00. The summed E-state index contributed by atoms with van der Waals surface area (Å²) in [6.07, 6.45) is 3.83. The first-order chi connectivity index (χ1) is 7.75. The molecule has 2 rings (SSSR count). The number of pyridine rings is 1. The molecule has 0 aromatic carbocycles. The minimum absolute atomic E-state index is 0.234. The first-order valence-electron chi connectivity index (χ1n) is 4.61. The van der Waals surface area contributed by atoms with Gasteiger partial charge >= 0.3 is 5.97 Å². The summed E-state index contributed by atoms with van der Waals surface area (Å²) in [4.78, 5) is 14.5. The molecule has 7 heteroatoms. The van der Waals surface area contributed by atoms with Crippen LogP contribution >= 0.6 is 0 Å². The largest absolute Gasteiger partial charge is 0.480 e. The highest BCUT2D eigenvalue weighted by Crippen LogP contribution is 2.03. The van der Waals surface area contributed by atoms with Crippen molar-refractivity contribution in [1.82, 2.24) is 25.2 Å². The Labute approximate surface area is 90.7 Å². The van der Waals surface area contributed by atoms with Crippen LogP contribution in [0.4, 0.5) is 0 Å². The van der Waals surface area contributed by atoms with Crippen molar-refractivity contribution in [3.05, 3.63) is 35.9 Å². The predicted octanol–water partition coefficient (Wildman–Crippen LogP) is -0.257. The van der Waals surface area contributed by atoms with Crippen molar-refractivity contribution >= 4 is 5.97 Å². The molecule has 0 aliphatic carbocycles. The van der Waals surface area contributed by atoms with E-state index < -0.39 is 5.97 Å². The molecule has 0 unspecified atom stereocenters. The van der Waals surface area contributed by atoms with E-state index in [1.165, 1.54) is 4.68 Å². The number of tetrazole rings is 1. The SMILES string of the molecule is O=C(O)Cn1nnnc1Cc1cccnc1. The third-order valence-corrected chi connectivity index (χ3v) is 1.98. The van der Waals surface area contributed by atoms with Gasteiger partial charge in [0.1, 0.15) is 6.54 Å². The highest BCUT2D eigenvalue weighted by Gasteiger charge is 2.09. The van der Waals surface area contributed by atoms with Crippen LogP contribution in [0.3, 0.4) is 0 Å². The molecule has 0 amide bonds. The Morgan fingerprint density at radius 3 is 3.06 bits per heavy atom. The number of aliphatic carboxylic acids is 1. The molecule has 7 nitrogen and oxygen atoms in total. The van der Waals surface area contributed by atoms with E-state index in [2.05, 4.69) is 20.5 Å². The molecule has 0 fully saturated rings. The fourth-order valence-electron chi connectivity index (χ4n) is 1.29. The zero-order chi connectivity index (χ0) is 11.4. The van der Waals surface area contributed by atoms with Crippen LogP contribution in [0.2, 0.25) is 0 Å². The Hall–Kier alpha value is -2.31. The summed E-state index contributed by atoms with van der Waals surface area (Å²) < 4.78 is 1.26. The fraction of sp³-hybridized carbons (Fsp3) is 0.222. The van der Waals surface area contributed by atoms with Gasteiger partial charge in [0.15, 0.2) is 5.82 Å². The van der Waals surface area contributed by atoms with Crippen LogP contribution < -0.4 is 0 Å². The van der Waals surface area contributed by atoms with Gasteiger partial charge in [-0.3, -0.25) is 9.78 Å². The Balaban J connectivity index is 2.16. The molecule has 2 heterocycles. The molecule has 16 heavy (non-hydrogen) atoms. The van der Waals surface area contributed by atoms with Gasteiger partial charge in [0.25, 0.3) is 0 Å². The normalized spacial score (nSPS) is 10.2. The molecule has 0 aliphatic heterocycles. The van der Waals surface area contributed by atoms with E-state index in [0.29, 0.717) is 12.2 Å². The first-order valence-corrected chi connectivity index (χ1v) is 4.61. The van der Waals surface area contributed by atoms with Gasteiger partial charge in [0, 0.05) is 18.8 Å². The number of carboxylic acid groups (broad SMARTS) is 1. The zero-order valence-electron chi connectivity index (χ0n) is 8.32. The molecule has 1 N–H and O–H groups in total. The number of carbonyl (C=O) groups is 1. The maximum atomic E-state index is 10.5. The van der Waals surface area contributed by atoms with Crippen LogP contribution in [0.5, 0.6) is 0 Å². The summed E-state index contributed by atoms with van der Waals surface area (Å²) in [7, 11) is 0. The molecule has 0 aliphatic rings. The van der Waals surface area contributed by atoms with Crippen LogP contribution in [-0.2, 0) is 17.8 Å². The Morgan fingerprint density at radius 1 is 1.50 bits per heavy atom. The lowest BCUT2D eigenvalue weighted by Crippen LogP contribution is -2.13. The summed E-state index contributed by atoms with van der Waals surface area (Å²) in [5.74, 6) is -0.463. The van der Waals surface area contributed by atoms with Crippen LogP contribution in [-0.4, -0.2) is 36.3 Å². The maximum absolute atomic E-state index is 10.5.